The van der Waals surface area contributed by atoms with Gasteiger partial charge in [0.05, 0.1) is 11.7 Å². The van der Waals surface area contributed by atoms with Crippen LogP contribution in [0.1, 0.15) is 90.8 Å². The van der Waals surface area contributed by atoms with E-state index in [-0.39, 0.29) is 27.7 Å². The van der Waals surface area contributed by atoms with Gasteiger partial charge in [-0.25, -0.2) is 0 Å². The third kappa shape index (κ3) is 2.75. The fraction of sp³-hybridized carbons (Fsp3) is 0.395. The molecule has 2 unspecified atom stereocenters. The Hall–Kier alpha value is -3.78. The molecule has 0 aromatic heterocycles. The second-order valence-electron chi connectivity index (χ2n) is 16.6. The van der Waals surface area contributed by atoms with Crippen molar-refractivity contribution >= 4 is 11.3 Å². The lowest BCUT2D eigenvalue weighted by Gasteiger charge is -2.51. The molecule has 226 valence electrons. The fourth-order valence-electron chi connectivity index (χ4n) is 11.3. The first-order chi connectivity index (χ1) is 21.4. The topological polar surface area (TPSA) is 15.3 Å². The molecule has 6 aliphatic carbocycles. The SMILES string of the molecule is Cc1ccc2c3c1C1=C4/C=C\C5=C6CC(=C5C(C)(C5=CCC=C5C4(C)C)C1NC1=CCC=C1C6(C)C)N3C1=CCC=C1C2(C)C. The minimum atomic E-state index is -0.251. The van der Waals surface area contributed by atoms with Crippen LogP contribution < -0.4 is 10.2 Å². The number of benzene rings is 1. The molecule has 0 fully saturated rings. The predicted octanol–water partition coefficient (Wildman–Crippen LogP) is 10.1. The van der Waals surface area contributed by atoms with Gasteiger partial charge in [-0.1, -0.05) is 102 Å². The fourth-order valence-corrected chi connectivity index (χ4v) is 11.3. The van der Waals surface area contributed by atoms with Crippen molar-refractivity contribution in [3.05, 3.63) is 139 Å². The van der Waals surface area contributed by atoms with E-state index in [4.69, 9.17) is 0 Å². The van der Waals surface area contributed by atoms with Gasteiger partial charge in [0, 0.05) is 50.7 Å². The van der Waals surface area contributed by atoms with Crippen molar-refractivity contribution in [3.63, 3.8) is 0 Å². The summed E-state index contributed by atoms with van der Waals surface area (Å²) in [6.45, 7) is 19.9. The van der Waals surface area contributed by atoms with Gasteiger partial charge in [0.15, 0.2) is 0 Å². The van der Waals surface area contributed by atoms with Gasteiger partial charge in [0.2, 0.25) is 0 Å². The van der Waals surface area contributed by atoms with Crippen molar-refractivity contribution in [1.82, 2.24) is 5.32 Å². The lowest BCUT2D eigenvalue weighted by Crippen LogP contribution is -2.50. The summed E-state index contributed by atoms with van der Waals surface area (Å²) in [7, 11) is 0. The van der Waals surface area contributed by atoms with Crippen LogP contribution in [0, 0.1) is 23.2 Å². The number of aryl methyl sites for hydroxylation is 1. The van der Waals surface area contributed by atoms with Crippen molar-refractivity contribution < 1.29 is 0 Å². The van der Waals surface area contributed by atoms with Gasteiger partial charge in [-0.2, -0.15) is 0 Å². The maximum absolute atomic E-state index is 4.40. The summed E-state index contributed by atoms with van der Waals surface area (Å²) < 4.78 is 0. The first-order valence-corrected chi connectivity index (χ1v) is 17.2. The summed E-state index contributed by atoms with van der Waals surface area (Å²) >= 11 is 0. The summed E-state index contributed by atoms with van der Waals surface area (Å²) in [6.07, 6.45) is 24.3. The van der Waals surface area contributed by atoms with E-state index in [2.05, 4.69) is 126 Å². The molecule has 45 heavy (non-hydrogen) atoms. The van der Waals surface area contributed by atoms with E-state index in [1.807, 2.05) is 0 Å². The minimum absolute atomic E-state index is 0.0663. The van der Waals surface area contributed by atoms with E-state index in [1.165, 1.54) is 72.9 Å². The summed E-state index contributed by atoms with van der Waals surface area (Å²) in [5.41, 5.74) is 23.1. The van der Waals surface area contributed by atoms with Crippen LogP contribution in [-0.4, -0.2) is 6.04 Å². The Labute approximate surface area is 268 Å². The number of hydrogen-bond acceptors (Lipinski definition) is 2. The molecule has 0 amide bonds. The zero-order chi connectivity index (χ0) is 31.0. The maximum Gasteiger partial charge on any atom is 0.0659 e. The number of anilines is 1. The van der Waals surface area contributed by atoms with Crippen LogP contribution in [0.15, 0.2) is 122 Å². The molecule has 1 N–H and O–H groups in total. The maximum atomic E-state index is 4.40. The first-order valence-electron chi connectivity index (χ1n) is 17.2. The highest BCUT2D eigenvalue weighted by molar-refractivity contribution is 5.97. The Morgan fingerprint density at radius 3 is 2.27 bits per heavy atom. The number of nitrogens with zero attached hydrogens (tertiary/aromatic N) is 1. The molecule has 9 aliphatic rings. The van der Waals surface area contributed by atoms with Gasteiger partial charge in [-0.15, -0.1) is 0 Å². The Morgan fingerprint density at radius 2 is 1.44 bits per heavy atom. The van der Waals surface area contributed by atoms with Crippen LogP contribution in [0.2, 0.25) is 0 Å². The highest BCUT2D eigenvalue weighted by Gasteiger charge is 2.60. The van der Waals surface area contributed by atoms with Crippen LogP contribution in [0.25, 0.3) is 5.57 Å². The van der Waals surface area contributed by atoms with Gasteiger partial charge >= 0.3 is 0 Å². The Morgan fingerprint density at radius 1 is 0.733 bits per heavy atom. The lowest BCUT2D eigenvalue weighted by atomic mass is 9.61. The molecule has 2 heteroatoms. The van der Waals surface area contributed by atoms with Crippen molar-refractivity contribution in [3.8, 4) is 0 Å². The summed E-state index contributed by atoms with van der Waals surface area (Å²) in [5.74, 6) is 0. The third-order valence-corrected chi connectivity index (χ3v) is 13.5. The molecule has 3 heterocycles. The molecule has 7 bridgehead atoms. The van der Waals surface area contributed by atoms with Crippen LogP contribution in [-0.2, 0) is 5.41 Å². The quantitative estimate of drug-likeness (QED) is 0.324. The molecule has 0 saturated carbocycles. The van der Waals surface area contributed by atoms with Gasteiger partial charge < -0.3 is 10.2 Å². The monoisotopic (exact) mass is 588 g/mol. The summed E-state index contributed by atoms with van der Waals surface area (Å²) in [6, 6.07) is 4.99. The summed E-state index contributed by atoms with van der Waals surface area (Å²) in [5, 5.41) is 4.40. The van der Waals surface area contributed by atoms with Crippen molar-refractivity contribution in [2.45, 2.75) is 92.5 Å². The number of rotatable bonds is 0. The average molecular weight is 589 g/mol. The van der Waals surface area contributed by atoms with Gasteiger partial charge in [0.25, 0.3) is 0 Å². The van der Waals surface area contributed by atoms with E-state index in [9.17, 15) is 0 Å². The largest absolute Gasteiger partial charge is 0.377 e. The molecule has 1 aromatic carbocycles. The number of allylic oxidation sites excluding steroid dienone is 14. The normalized spacial score (nSPS) is 32.0. The van der Waals surface area contributed by atoms with E-state index in [0.29, 0.717) is 0 Å². The number of fused-ring (bicyclic) bond motifs is 5. The van der Waals surface area contributed by atoms with Crippen molar-refractivity contribution in [2.75, 3.05) is 4.90 Å². The molecule has 2 atom stereocenters. The van der Waals surface area contributed by atoms with Crippen LogP contribution in [0.3, 0.4) is 0 Å². The zero-order valence-electron chi connectivity index (χ0n) is 28.1. The molecular weight excluding hydrogens is 544 g/mol. The van der Waals surface area contributed by atoms with Gasteiger partial charge in [-0.3, -0.25) is 0 Å². The Balaban J connectivity index is 1.49. The average Bonchev–Trinajstić information content (AvgIpc) is 3.78. The zero-order valence-corrected chi connectivity index (χ0v) is 28.1. The van der Waals surface area contributed by atoms with E-state index < -0.39 is 0 Å². The molecule has 0 saturated heterocycles. The van der Waals surface area contributed by atoms with Crippen LogP contribution in [0.4, 0.5) is 5.69 Å². The molecule has 3 aliphatic heterocycles. The number of hydrogen-bond donors (Lipinski definition) is 1. The first kappa shape index (κ1) is 26.4. The Kier molecular flexibility index (Phi) is 4.57. The van der Waals surface area contributed by atoms with E-state index >= 15 is 0 Å². The van der Waals surface area contributed by atoms with Crippen LogP contribution in [0.5, 0.6) is 0 Å². The second kappa shape index (κ2) is 7.77. The molecule has 10 rings (SSSR count). The van der Waals surface area contributed by atoms with E-state index in [1.54, 1.807) is 16.7 Å². The minimum Gasteiger partial charge on any atom is -0.377 e. The molecule has 2 nitrogen and oxygen atoms in total. The molecular formula is C43H44N2. The Bertz CT molecular complexity index is 2060. The third-order valence-electron chi connectivity index (χ3n) is 13.5. The molecule has 0 spiro atoms. The highest BCUT2D eigenvalue weighted by atomic mass is 15.2. The van der Waals surface area contributed by atoms with E-state index in [0.717, 1.165) is 25.7 Å². The standard InChI is InChI=1S/C43H44N2/c1-23-18-20-30-38-35(23)36-29-21-19-24-31-22-34(45(38)33-17-11-15-28(33)42(30,6)7)37(24)43(8,26-13-9-12-25(26)40(29,2)3)39(36)44-32-16-10-14-27(32)41(31,4)5/h12-21,39,44H,9-11,22H2,1-8H3/b21-19-. The van der Waals surface area contributed by atoms with Crippen molar-refractivity contribution in [2.24, 2.45) is 16.2 Å². The predicted molar refractivity (Wildman–Crippen MR) is 186 cm³/mol. The second-order valence-corrected chi connectivity index (χ2v) is 16.6. The summed E-state index contributed by atoms with van der Waals surface area (Å²) in [4.78, 5) is 2.80. The molecule has 1 aromatic rings. The number of nitrogens with one attached hydrogen (secondary N) is 1. The van der Waals surface area contributed by atoms with Crippen LogP contribution >= 0.6 is 0 Å². The van der Waals surface area contributed by atoms with Gasteiger partial charge in [-0.05, 0) is 94.4 Å². The highest BCUT2D eigenvalue weighted by Crippen LogP contribution is 2.69. The van der Waals surface area contributed by atoms with Gasteiger partial charge in [0.1, 0.15) is 0 Å². The molecule has 0 radical (unpaired) electrons. The smallest absolute Gasteiger partial charge is 0.0659 e. The van der Waals surface area contributed by atoms with Crippen molar-refractivity contribution in [1.29, 1.82) is 0 Å². The lowest BCUT2D eigenvalue weighted by molar-refractivity contribution is 0.394.